The van der Waals surface area contributed by atoms with Gasteiger partial charge in [0.2, 0.25) is 0 Å². The summed E-state index contributed by atoms with van der Waals surface area (Å²) in [5.41, 5.74) is 0.951. The van der Waals surface area contributed by atoms with E-state index in [9.17, 15) is 4.79 Å². The van der Waals surface area contributed by atoms with Crippen molar-refractivity contribution < 1.29 is 19.0 Å². The summed E-state index contributed by atoms with van der Waals surface area (Å²) in [4.78, 5) is 18.9. The maximum atomic E-state index is 11.9. The van der Waals surface area contributed by atoms with Gasteiger partial charge in [0.15, 0.2) is 0 Å². The quantitative estimate of drug-likeness (QED) is 0.376. The molecule has 2 aliphatic rings. The fourth-order valence-electron chi connectivity index (χ4n) is 4.03. The Kier molecular flexibility index (Phi) is 6.28. The summed E-state index contributed by atoms with van der Waals surface area (Å²) in [5, 5.41) is 0.640. The lowest BCUT2D eigenvalue weighted by atomic mass is 10.3. The molecule has 2 saturated carbocycles. The molecule has 0 radical (unpaired) electrons. The SMILES string of the molecule is CCOC(=O)C1CC1CN(CCOc1ccc(Oc2nc3ccccc3s2)cc1)C1CC1. The molecule has 2 aliphatic carbocycles. The van der Waals surface area contributed by atoms with Gasteiger partial charge in [-0.2, -0.15) is 0 Å². The summed E-state index contributed by atoms with van der Waals surface area (Å²) in [6.45, 7) is 4.80. The monoisotopic (exact) mass is 452 g/mol. The summed E-state index contributed by atoms with van der Waals surface area (Å²) in [6.07, 6.45) is 3.45. The van der Waals surface area contributed by atoms with Gasteiger partial charge in [-0.3, -0.25) is 9.69 Å². The Labute approximate surface area is 192 Å². The lowest BCUT2D eigenvalue weighted by molar-refractivity contribution is -0.145. The molecule has 32 heavy (non-hydrogen) atoms. The third-order valence-corrected chi connectivity index (χ3v) is 6.91. The third-order valence-electron chi connectivity index (χ3n) is 5.99. The Hall–Kier alpha value is -2.64. The van der Waals surface area contributed by atoms with Crippen LogP contribution >= 0.6 is 11.3 Å². The molecule has 2 fully saturated rings. The molecule has 2 aromatic carbocycles. The van der Waals surface area contributed by atoms with Crippen LogP contribution in [0.4, 0.5) is 0 Å². The van der Waals surface area contributed by atoms with Crippen molar-refractivity contribution in [3.8, 4) is 16.7 Å². The molecule has 0 saturated heterocycles. The third kappa shape index (κ3) is 5.22. The molecule has 0 bridgehead atoms. The second kappa shape index (κ2) is 9.46. The van der Waals surface area contributed by atoms with Crippen LogP contribution in [0.2, 0.25) is 0 Å². The molecule has 2 atom stereocenters. The van der Waals surface area contributed by atoms with Crippen molar-refractivity contribution in [2.75, 3.05) is 26.3 Å². The molecular weight excluding hydrogens is 424 g/mol. The molecule has 0 amide bonds. The average molecular weight is 453 g/mol. The van der Waals surface area contributed by atoms with Crippen molar-refractivity contribution in [1.29, 1.82) is 0 Å². The van der Waals surface area contributed by atoms with Crippen LogP contribution in [-0.4, -0.2) is 48.2 Å². The number of esters is 1. The summed E-state index contributed by atoms with van der Waals surface area (Å²) in [6, 6.07) is 16.3. The smallest absolute Gasteiger partial charge is 0.309 e. The van der Waals surface area contributed by atoms with Crippen molar-refractivity contribution >= 4 is 27.5 Å². The highest BCUT2D eigenvalue weighted by molar-refractivity contribution is 7.20. The number of para-hydroxylation sites is 1. The zero-order valence-corrected chi connectivity index (χ0v) is 19.1. The average Bonchev–Trinajstić information content (AvgIpc) is 3.71. The predicted molar refractivity (Wildman–Crippen MR) is 124 cm³/mol. The molecule has 3 aromatic rings. The second-order valence-electron chi connectivity index (χ2n) is 8.45. The fourth-order valence-corrected chi connectivity index (χ4v) is 4.87. The minimum absolute atomic E-state index is 0.0300. The van der Waals surface area contributed by atoms with Crippen molar-refractivity contribution in [2.24, 2.45) is 11.8 Å². The van der Waals surface area contributed by atoms with Crippen molar-refractivity contribution in [1.82, 2.24) is 9.88 Å². The van der Waals surface area contributed by atoms with E-state index < -0.39 is 0 Å². The Morgan fingerprint density at radius 2 is 1.91 bits per heavy atom. The van der Waals surface area contributed by atoms with E-state index in [0.717, 1.165) is 41.2 Å². The van der Waals surface area contributed by atoms with Gasteiger partial charge >= 0.3 is 5.97 Å². The predicted octanol–water partition coefficient (Wildman–Crippen LogP) is 5.13. The standard InChI is InChI=1S/C25H28N2O4S/c1-2-29-24(28)21-15-17(21)16-27(18-7-8-18)13-14-30-19-9-11-20(12-10-19)31-25-26-22-5-3-4-6-23(22)32-25/h3-6,9-12,17-18,21H,2,7-8,13-16H2,1H3. The number of aromatic nitrogens is 1. The van der Waals surface area contributed by atoms with E-state index in [4.69, 9.17) is 14.2 Å². The van der Waals surface area contributed by atoms with Crippen LogP contribution in [-0.2, 0) is 9.53 Å². The summed E-state index contributed by atoms with van der Waals surface area (Å²) in [7, 11) is 0. The fraction of sp³-hybridized carbons (Fsp3) is 0.440. The molecule has 2 unspecified atom stereocenters. The maximum absolute atomic E-state index is 11.9. The van der Waals surface area contributed by atoms with Gasteiger partial charge < -0.3 is 14.2 Å². The van der Waals surface area contributed by atoms with E-state index in [1.165, 1.54) is 24.2 Å². The maximum Gasteiger partial charge on any atom is 0.309 e. The molecule has 168 valence electrons. The Morgan fingerprint density at radius 3 is 2.66 bits per heavy atom. The molecule has 0 spiro atoms. The van der Waals surface area contributed by atoms with Crippen LogP contribution in [0.15, 0.2) is 48.5 Å². The van der Waals surface area contributed by atoms with Gasteiger partial charge in [0, 0.05) is 19.1 Å². The van der Waals surface area contributed by atoms with Crippen molar-refractivity contribution in [3.63, 3.8) is 0 Å². The van der Waals surface area contributed by atoms with E-state index in [-0.39, 0.29) is 11.9 Å². The zero-order chi connectivity index (χ0) is 21.9. The Balaban J connectivity index is 1.09. The minimum atomic E-state index is -0.0300. The number of hydrogen-bond acceptors (Lipinski definition) is 7. The number of thiazole rings is 1. The number of fused-ring (bicyclic) bond motifs is 1. The van der Waals surface area contributed by atoms with Crippen LogP contribution in [0.5, 0.6) is 16.7 Å². The van der Waals surface area contributed by atoms with E-state index in [1.807, 2.05) is 55.5 Å². The molecule has 1 heterocycles. The number of carbonyl (C=O) groups is 1. The first kappa shape index (κ1) is 21.2. The minimum Gasteiger partial charge on any atom is -0.492 e. The van der Waals surface area contributed by atoms with Gasteiger partial charge in [-0.15, -0.1) is 0 Å². The molecule has 6 nitrogen and oxygen atoms in total. The highest BCUT2D eigenvalue weighted by atomic mass is 32.1. The van der Waals surface area contributed by atoms with Gasteiger partial charge in [0.1, 0.15) is 18.1 Å². The number of nitrogens with zero attached hydrogens (tertiary/aromatic N) is 2. The molecule has 0 aliphatic heterocycles. The van der Waals surface area contributed by atoms with Gasteiger partial charge in [0.25, 0.3) is 5.19 Å². The van der Waals surface area contributed by atoms with Crippen LogP contribution < -0.4 is 9.47 Å². The Morgan fingerprint density at radius 1 is 1.12 bits per heavy atom. The van der Waals surface area contributed by atoms with Crippen LogP contribution in [0.25, 0.3) is 10.2 Å². The van der Waals surface area contributed by atoms with Gasteiger partial charge in [-0.25, -0.2) is 4.98 Å². The van der Waals surface area contributed by atoms with E-state index >= 15 is 0 Å². The van der Waals surface area contributed by atoms with E-state index in [0.29, 0.717) is 30.4 Å². The zero-order valence-electron chi connectivity index (χ0n) is 18.2. The largest absolute Gasteiger partial charge is 0.492 e. The lowest BCUT2D eigenvalue weighted by Gasteiger charge is -2.22. The molecule has 1 aromatic heterocycles. The number of hydrogen-bond donors (Lipinski definition) is 0. The highest BCUT2D eigenvalue weighted by Crippen LogP contribution is 2.42. The Bertz CT molecular complexity index is 1030. The molecule has 5 rings (SSSR count). The first-order valence-corrected chi connectivity index (χ1v) is 12.2. The number of rotatable bonds is 11. The summed E-state index contributed by atoms with van der Waals surface area (Å²) >= 11 is 1.54. The van der Waals surface area contributed by atoms with Gasteiger partial charge in [-0.05, 0) is 68.5 Å². The van der Waals surface area contributed by atoms with Crippen molar-refractivity contribution in [3.05, 3.63) is 48.5 Å². The summed E-state index contributed by atoms with van der Waals surface area (Å²) < 4.78 is 18.2. The van der Waals surface area contributed by atoms with Gasteiger partial charge in [0.05, 0.1) is 22.7 Å². The molecule has 7 heteroatoms. The summed E-state index contributed by atoms with van der Waals surface area (Å²) in [5.74, 6) is 2.08. The second-order valence-corrected chi connectivity index (χ2v) is 9.44. The van der Waals surface area contributed by atoms with Crippen molar-refractivity contribution in [2.45, 2.75) is 32.2 Å². The van der Waals surface area contributed by atoms with Crippen LogP contribution in [0, 0.1) is 11.8 Å². The van der Waals surface area contributed by atoms with E-state index in [2.05, 4.69) is 9.88 Å². The lowest BCUT2D eigenvalue weighted by Crippen LogP contribution is -2.33. The number of ether oxygens (including phenoxy) is 3. The normalized spacial score (nSPS) is 19.8. The number of benzene rings is 2. The first-order chi connectivity index (χ1) is 15.7. The molecular formula is C25H28N2O4S. The number of carbonyl (C=O) groups excluding carboxylic acids is 1. The van der Waals surface area contributed by atoms with E-state index in [1.54, 1.807) is 0 Å². The van der Waals surface area contributed by atoms with Gasteiger partial charge in [-0.1, -0.05) is 23.5 Å². The molecule has 0 N–H and O–H groups in total. The highest BCUT2D eigenvalue weighted by Gasteiger charge is 2.46. The topological polar surface area (TPSA) is 60.9 Å². The first-order valence-electron chi connectivity index (χ1n) is 11.4. The van der Waals surface area contributed by atoms with Crippen LogP contribution in [0.3, 0.4) is 0 Å². The van der Waals surface area contributed by atoms with Crippen LogP contribution in [0.1, 0.15) is 26.2 Å².